The Morgan fingerprint density at radius 1 is 1.53 bits per heavy atom. The van der Waals surface area contributed by atoms with Crippen LogP contribution in [-0.2, 0) is 4.74 Å². The van der Waals surface area contributed by atoms with Crippen LogP contribution in [0, 0.1) is 10.6 Å². The lowest BCUT2D eigenvalue weighted by Crippen LogP contribution is -2.16. The first-order valence-corrected chi connectivity index (χ1v) is 6.09. The highest BCUT2D eigenvalue weighted by molar-refractivity contribution is 7.71. The Bertz CT molecular complexity index is 618. The largest absolute Gasteiger partial charge is 0.376 e. The van der Waals surface area contributed by atoms with E-state index in [4.69, 9.17) is 17.0 Å². The molecule has 17 heavy (non-hydrogen) atoms. The highest BCUT2D eigenvalue weighted by atomic mass is 32.1. The molecule has 2 aromatic rings. The Balaban J connectivity index is 2.24. The molecule has 5 heteroatoms. The molecule has 3 nitrogen and oxygen atoms in total. The van der Waals surface area contributed by atoms with Gasteiger partial charge in [-0.2, -0.15) is 0 Å². The first kappa shape index (κ1) is 10.9. The standard InChI is InChI=1S/C12H13FN2OS/c1-7-10(4-5-16-7)15-11-6-8(13)2-3-9(11)14-12(15)17/h2-3,6-7,10H,4-5H2,1H3,(H,14,17). The molecule has 0 saturated carbocycles. The van der Waals surface area contributed by atoms with Crippen LogP contribution in [0.25, 0.3) is 11.0 Å². The van der Waals surface area contributed by atoms with Crippen LogP contribution in [0.5, 0.6) is 0 Å². The number of benzene rings is 1. The van der Waals surface area contributed by atoms with E-state index in [1.807, 2.05) is 11.5 Å². The number of nitrogens with zero attached hydrogens (tertiary/aromatic N) is 1. The van der Waals surface area contributed by atoms with Gasteiger partial charge in [0.2, 0.25) is 0 Å². The summed E-state index contributed by atoms with van der Waals surface area (Å²) in [6.07, 6.45) is 1.03. The number of imidazole rings is 1. The van der Waals surface area contributed by atoms with E-state index in [2.05, 4.69) is 4.98 Å². The molecular formula is C12H13FN2OS. The third-order valence-corrected chi connectivity index (χ3v) is 3.65. The van der Waals surface area contributed by atoms with Gasteiger partial charge in [0.25, 0.3) is 0 Å². The van der Waals surface area contributed by atoms with Crippen LogP contribution < -0.4 is 0 Å². The fraction of sp³-hybridized carbons (Fsp3) is 0.417. The molecule has 2 atom stereocenters. The molecule has 3 rings (SSSR count). The number of aromatic amines is 1. The predicted octanol–water partition coefficient (Wildman–Crippen LogP) is 3.19. The number of fused-ring (bicyclic) bond motifs is 1. The van der Waals surface area contributed by atoms with Crippen molar-refractivity contribution in [2.45, 2.75) is 25.5 Å². The lowest BCUT2D eigenvalue weighted by molar-refractivity contribution is 0.108. The van der Waals surface area contributed by atoms with Crippen LogP contribution >= 0.6 is 12.2 Å². The summed E-state index contributed by atoms with van der Waals surface area (Å²) in [6.45, 7) is 2.76. The zero-order chi connectivity index (χ0) is 12.0. The summed E-state index contributed by atoms with van der Waals surface area (Å²) in [6, 6.07) is 4.87. The minimum atomic E-state index is -0.244. The number of ether oxygens (including phenoxy) is 1. The number of nitrogens with one attached hydrogen (secondary N) is 1. The van der Waals surface area contributed by atoms with Gasteiger partial charge in [0.15, 0.2) is 4.77 Å². The van der Waals surface area contributed by atoms with Crippen molar-refractivity contribution in [1.29, 1.82) is 0 Å². The summed E-state index contributed by atoms with van der Waals surface area (Å²) in [5, 5.41) is 0. The fourth-order valence-electron chi connectivity index (χ4n) is 2.48. The summed E-state index contributed by atoms with van der Waals surface area (Å²) in [5.41, 5.74) is 1.69. The average molecular weight is 252 g/mol. The summed E-state index contributed by atoms with van der Waals surface area (Å²) in [7, 11) is 0. The maximum Gasteiger partial charge on any atom is 0.178 e. The molecule has 0 amide bonds. The SMILES string of the molecule is CC1OCCC1n1c(=S)[nH]c2ccc(F)cc21. The maximum absolute atomic E-state index is 13.3. The quantitative estimate of drug-likeness (QED) is 0.790. The number of rotatable bonds is 1. The topological polar surface area (TPSA) is 29.9 Å². The number of hydrogen-bond donors (Lipinski definition) is 1. The summed E-state index contributed by atoms with van der Waals surface area (Å²) >= 11 is 5.32. The Labute approximate surface area is 103 Å². The Kier molecular flexibility index (Phi) is 2.52. The second-order valence-electron chi connectivity index (χ2n) is 4.39. The third-order valence-electron chi connectivity index (χ3n) is 3.35. The van der Waals surface area contributed by atoms with Gasteiger partial charge >= 0.3 is 0 Å². The molecule has 2 unspecified atom stereocenters. The average Bonchev–Trinajstić information content (AvgIpc) is 2.81. The van der Waals surface area contributed by atoms with Crippen LogP contribution in [-0.4, -0.2) is 22.3 Å². The monoisotopic (exact) mass is 252 g/mol. The fourth-order valence-corrected chi connectivity index (χ4v) is 2.83. The summed E-state index contributed by atoms with van der Waals surface area (Å²) in [4.78, 5) is 3.11. The molecular weight excluding hydrogens is 239 g/mol. The van der Waals surface area contributed by atoms with Crippen molar-refractivity contribution < 1.29 is 9.13 Å². The molecule has 0 spiro atoms. The van der Waals surface area contributed by atoms with Gasteiger partial charge in [0.05, 0.1) is 23.2 Å². The van der Waals surface area contributed by atoms with Gasteiger partial charge < -0.3 is 14.3 Å². The van der Waals surface area contributed by atoms with E-state index in [0.717, 1.165) is 24.1 Å². The van der Waals surface area contributed by atoms with Crippen molar-refractivity contribution in [1.82, 2.24) is 9.55 Å². The third kappa shape index (κ3) is 1.70. The van der Waals surface area contributed by atoms with Gasteiger partial charge in [-0.25, -0.2) is 4.39 Å². The van der Waals surface area contributed by atoms with Gasteiger partial charge in [-0.3, -0.25) is 0 Å². The van der Waals surface area contributed by atoms with Crippen LogP contribution in [0.3, 0.4) is 0 Å². The molecule has 1 fully saturated rings. The van der Waals surface area contributed by atoms with Gasteiger partial charge in [0.1, 0.15) is 5.82 Å². The number of aromatic nitrogens is 2. The number of hydrogen-bond acceptors (Lipinski definition) is 2. The molecule has 1 saturated heterocycles. The lowest BCUT2D eigenvalue weighted by Gasteiger charge is -2.16. The maximum atomic E-state index is 13.3. The van der Waals surface area contributed by atoms with E-state index < -0.39 is 0 Å². The molecule has 1 aliphatic heterocycles. The van der Waals surface area contributed by atoms with E-state index >= 15 is 0 Å². The van der Waals surface area contributed by atoms with Crippen molar-refractivity contribution >= 4 is 23.3 Å². The lowest BCUT2D eigenvalue weighted by atomic mass is 10.1. The first-order chi connectivity index (χ1) is 8.16. The first-order valence-electron chi connectivity index (χ1n) is 5.68. The van der Waals surface area contributed by atoms with E-state index in [1.54, 1.807) is 6.07 Å². The highest BCUT2D eigenvalue weighted by Gasteiger charge is 2.27. The van der Waals surface area contributed by atoms with Gasteiger partial charge in [-0.1, -0.05) is 0 Å². The summed E-state index contributed by atoms with van der Waals surface area (Å²) < 4.78 is 21.5. The second kappa shape index (κ2) is 3.92. The Morgan fingerprint density at radius 3 is 3.06 bits per heavy atom. The number of H-pyrrole nitrogens is 1. The second-order valence-corrected chi connectivity index (χ2v) is 4.78. The molecule has 0 bridgehead atoms. The van der Waals surface area contributed by atoms with Crippen LogP contribution in [0.2, 0.25) is 0 Å². The summed E-state index contributed by atoms with van der Waals surface area (Å²) in [5.74, 6) is -0.244. The smallest absolute Gasteiger partial charge is 0.178 e. The van der Waals surface area contributed by atoms with Gasteiger partial charge in [-0.05, 0) is 43.8 Å². The zero-order valence-electron chi connectivity index (χ0n) is 9.44. The molecule has 0 aliphatic carbocycles. The van der Waals surface area contributed by atoms with E-state index in [0.29, 0.717) is 4.77 Å². The van der Waals surface area contributed by atoms with Crippen molar-refractivity contribution in [2.24, 2.45) is 0 Å². The Morgan fingerprint density at radius 2 is 2.35 bits per heavy atom. The van der Waals surface area contributed by atoms with Crippen molar-refractivity contribution in [3.05, 3.63) is 28.8 Å². The molecule has 1 aromatic carbocycles. The normalized spacial score (nSPS) is 24.6. The van der Waals surface area contributed by atoms with E-state index in [1.165, 1.54) is 12.1 Å². The molecule has 1 aliphatic rings. The molecule has 0 radical (unpaired) electrons. The highest BCUT2D eigenvalue weighted by Crippen LogP contribution is 2.30. The van der Waals surface area contributed by atoms with Crippen LogP contribution in [0.15, 0.2) is 18.2 Å². The van der Waals surface area contributed by atoms with Crippen molar-refractivity contribution in [3.63, 3.8) is 0 Å². The molecule has 1 aromatic heterocycles. The van der Waals surface area contributed by atoms with Crippen LogP contribution in [0.1, 0.15) is 19.4 Å². The van der Waals surface area contributed by atoms with E-state index in [-0.39, 0.29) is 18.0 Å². The minimum absolute atomic E-state index is 0.115. The number of halogens is 1. The molecule has 1 N–H and O–H groups in total. The van der Waals surface area contributed by atoms with Crippen molar-refractivity contribution in [3.8, 4) is 0 Å². The minimum Gasteiger partial charge on any atom is -0.376 e. The Hall–Kier alpha value is -1.20. The molecule has 2 heterocycles. The van der Waals surface area contributed by atoms with Gasteiger partial charge in [0, 0.05) is 6.61 Å². The zero-order valence-corrected chi connectivity index (χ0v) is 10.3. The van der Waals surface area contributed by atoms with Crippen molar-refractivity contribution in [2.75, 3.05) is 6.61 Å². The van der Waals surface area contributed by atoms with Gasteiger partial charge in [-0.15, -0.1) is 0 Å². The van der Waals surface area contributed by atoms with E-state index in [9.17, 15) is 4.39 Å². The molecule has 90 valence electrons. The van der Waals surface area contributed by atoms with Crippen LogP contribution in [0.4, 0.5) is 4.39 Å². The predicted molar refractivity (Wildman–Crippen MR) is 66.1 cm³/mol.